The van der Waals surface area contributed by atoms with Gasteiger partial charge in [-0.3, -0.25) is 0 Å². The maximum Gasteiger partial charge on any atom is 0.453 e. The number of aryl methyl sites for hydroxylation is 1. The Hall–Kier alpha value is -3.17. The van der Waals surface area contributed by atoms with Gasteiger partial charge >= 0.3 is 6.18 Å². The summed E-state index contributed by atoms with van der Waals surface area (Å²) in [5, 5.41) is 13.7. The summed E-state index contributed by atoms with van der Waals surface area (Å²) in [4.78, 5) is 4.70. The Bertz CT molecular complexity index is 1180. The van der Waals surface area contributed by atoms with E-state index in [1.54, 1.807) is 6.07 Å². The largest absolute Gasteiger partial charge is 0.453 e. The third-order valence-electron chi connectivity index (χ3n) is 4.34. The zero-order chi connectivity index (χ0) is 20.3. The molecule has 146 valence electrons. The second-order valence-corrected chi connectivity index (χ2v) is 7.58. The van der Waals surface area contributed by atoms with E-state index in [1.807, 2.05) is 29.8 Å². The van der Waals surface area contributed by atoms with Gasteiger partial charge in [0, 0.05) is 18.2 Å². The molecular weight excluding hydrogens is 371 g/mol. The van der Waals surface area contributed by atoms with Gasteiger partial charge in [-0.15, -0.1) is 15.3 Å². The van der Waals surface area contributed by atoms with E-state index in [0.717, 1.165) is 16.9 Å². The first kappa shape index (κ1) is 18.2. The molecule has 10 heteroatoms. The lowest BCUT2D eigenvalue weighted by atomic mass is 9.96. The SMILES string of the molecule is Cn1c(C(C)(C)C)nc2cc(Nc3ccc4nnc(C(F)(F)F)n4n3)ccc21. The van der Waals surface area contributed by atoms with Crippen LogP contribution in [-0.4, -0.2) is 29.4 Å². The fourth-order valence-corrected chi connectivity index (χ4v) is 3.13. The molecule has 0 aliphatic heterocycles. The molecule has 0 unspecified atom stereocenters. The third kappa shape index (κ3) is 3.04. The van der Waals surface area contributed by atoms with Crippen LogP contribution in [0.2, 0.25) is 0 Å². The van der Waals surface area contributed by atoms with Gasteiger partial charge in [-0.25, -0.2) is 4.98 Å². The number of aromatic nitrogens is 6. The van der Waals surface area contributed by atoms with Crippen LogP contribution in [0.25, 0.3) is 16.7 Å². The van der Waals surface area contributed by atoms with Crippen LogP contribution in [0.15, 0.2) is 30.3 Å². The molecule has 0 saturated carbocycles. The van der Waals surface area contributed by atoms with Crippen molar-refractivity contribution in [2.45, 2.75) is 32.4 Å². The van der Waals surface area contributed by atoms with Gasteiger partial charge in [0.05, 0.1) is 11.0 Å². The summed E-state index contributed by atoms with van der Waals surface area (Å²) in [5.41, 5.74) is 2.33. The Morgan fingerprint density at radius 1 is 0.964 bits per heavy atom. The van der Waals surface area contributed by atoms with Gasteiger partial charge in [-0.2, -0.15) is 17.7 Å². The average molecular weight is 389 g/mol. The number of anilines is 2. The molecule has 7 nitrogen and oxygen atoms in total. The molecular formula is C18H18F3N7. The summed E-state index contributed by atoms with van der Waals surface area (Å²) in [6.45, 7) is 6.26. The van der Waals surface area contributed by atoms with Gasteiger partial charge in [0.1, 0.15) is 5.82 Å². The highest BCUT2D eigenvalue weighted by molar-refractivity contribution is 5.81. The second kappa shape index (κ2) is 5.91. The Kier molecular flexibility index (Phi) is 3.84. The van der Waals surface area contributed by atoms with E-state index in [-0.39, 0.29) is 16.9 Å². The molecule has 0 atom stereocenters. The predicted octanol–water partition coefficient (Wildman–Crippen LogP) is 4.07. The van der Waals surface area contributed by atoms with Gasteiger partial charge in [0.15, 0.2) is 11.5 Å². The van der Waals surface area contributed by atoms with E-state index in [0.29, 0.717) is 10.2 Å². The lowest BCUT2D eigenvalue weighted by Crippen LogP contribution is -2.17. The molecule has 1 N–H and O–H groups in total. The molecule has 3 heterocycles. The van der Waals surface area contributed by atoms with Gasteiger partial charge in [-0.1, -0.05) is 20.8 Å². The van der Waals surface area contributed by atoms with Crippen LogP contribution in [0.5, 0.6) is 0 Å². The van der Waals surface area contributed by atoms with Crippen molar-refractivity contribution >= 4 is 28.2 Å². The lowest BCUT2D eigenvalue weighted by molar-refractivity contribution is -0.146. The number of alkyl halides is 3. The summed E-state index contributed by atoms with van der Waals surface area (Å²) in [7, 11) is 1.96. The summed E-state index contributed by atoms with van der Waals surface area (Å²) in [6, 6.07) is 8.56. The van der Waals surface area contributed by atoms with Crippen molar-refractivity contribution < 1.29 is 13.2 Å². The van der Waals surface area contributed by atoms with Crippen LogP contribution >= 0.6 is 0 Å². The summed E-state index contributed by atoms with van der Waals surface area (Å²) in [5.74, 6) is 0.0174. The van der Waals surface area contributed by atoms with Crippen molar-refractivity contribution in [3.63, 3.8) is 0 Å². The van der Waals surface area contributed by atoms with Crippen LogP contribution in [0.3, 0.4) is 0 Å². The number of benzene rings is 1. The van der Waals surface area contributed by atoms with Crippen LogP contribution in [0.4, 0.5) is 24.7 Å². The molecule has 1 aromatic carbocycles. The number of halogens is 3. The van der Waals surface area contributed by atoms with Crippen LogP contribution in [-0.2, 0) is 18.6 Å². The standard InChI is InChI=1S/C18H18F3N7/c1-17(2,3)15-23-11-9-10(5-6-12(11)27(15)4)22-13-7-8-14-24-25-16(18(19,20)21)28(14)26-13/h5-9H,1-4H3,(H,22,26). The van der Waals surface area contributed by atoms with Crippen molar-refractivity contribution in [3.8, 4) is 0 Å². The van der Waals surface area contributed by atoms with Crippen molar-refractivity contribution in [2.24, 2.45) is 7.05 Å². The van der Waals surface area contributed by atoms with E-state index >= 15 is 0 Å². The first-order valence-electron chi connectivity index (χ1n) is 8.58. The molecule has 3 aromatic heterocycles. The van der Waals surface area contributed by atoms with Crippen molar-refractivity contribution in [1.29, 1.82) is 0 Å². The number of nitrogens with one attached hydrogen (secondary N) is 1. The molecule has 0 fully saturated rings. The van der Waals surface area contributed by atoms with Crippen LogP contribution in [0.1, 0.15) is 32.4 Å². The molecule has 0 saturated heterocycles. The van der Waals surface area contributed by atoms with Crippen LogP contribution < -0.4 is 5.32 Å². The highest BCUT2D eigenvalue weighted by Crippen LogP contribution is 2.29. The quantitative estimate of drug-likeness (QED) is 0.559. The van der Waals surface area contributed by atoms with E-state index in [4.69, 9.17) is 4.98 Å². The smallest absolute Gasteiger partial charge is 0.339 e. The number of imidazole rings is 1. The van der Waals surface area contributed by atoms with Gasteiger partial charge < -0.3 is 9.88 Å². The maximum atomic E-state index is 13.0. The van der Waals surface area contributed by atoms with Crippen molar-refractivity contribution in [3.05, 3.63) is 42.0 Å². The van der Waals surface area contributed by atoms with Crippen molar-refractivity contribution in [2.75, 3.05) is 5.32 Å². The van der Waals surface area contributed by atoms with E-state index in [1.165, 1.54) is 6.07 Å². The first-order chi connectivity index (χ1) is 13.0. The Labute approximate surface area is 158 Å². The Balaban J connectivity index is 1.72. The molecule has 0 aliphatic rings. The van der Waals surface area contributed by atoms with Crippen LogP contribution in [0, 0.1) is 0 Å². The minimum atomic E-state index is -4.64. The number of hydrogen-bond donors (Lipinski definition) is 1. The van der Waals surface area contributed by atoms with E-state index < -0.39 is 12.0 Å². The second-order valence-electron chi connectivity index (χ2n) is 7.58. The number of hydrogen-bond acceptors (Lipinski definition) is 5. The summed E-state index contributed by atoms with van der Waals surface area (Å²) < 4.78 is 41.8. The van der Waals surface area contributed by atoms with Crippen molar-refractivity contribution in [1.82, 2.24) is 29.4 Å². The normalized spacial score (nSPS) is 12.8. The fourth-order valence-electron chi connectivity index (χ4n) is 3.13. The summed E-state index contributed by atoms with van der Waals surface area (Å²) in [6.07, 6.45) is -4.64. The zero-order valence-electron chi connectivity index (χ0n) is 15.7. The topological polar surface area (TPSA) is 72.9 Å². The van der Waals surface area contributed by atoms with Gasteiger partial charge in [0.2, 0.25) is 0 Å². The third-order valence-corrected chi connectivity index (χ3v) is 4.34. The van der Waals surface area contributed by atoms with Gasteiger partial charge in [-0.05, 0) is 30.3 Å². The molecule has 4 aromatic rings. The summed E-state index contributed by atoms with van der Waals surface area (Å²) >= 11 is 0. The highest BCUT2D eigenvalue weighted by Gasteiger charge is 2.37. The fraction of sp³-hybridized carbons (Fsp3) is 0.333. The predicted molar refractivity (Wildman–Crippen MR) is 98.5 cm³/mol. The zero-order valence-corrected chi connectivity index (χ0v) is 15.7. The minimum absolute atomic E-state index is 0.0212. The molecule has 4 rings (SSSR count). The number of fused-ring (bicyclic) bond motifs is 2. The van der Waals surface area contributed by atoms with Gasteiger partial charge in [0.25, 0.3) is 5.82 Å². The molecule has 0 aliphatic carbocycles. The molecule has 0 radical (unpaired) electrons. The Morgan fingerprint density at radius 2 is 1.71 bits per heavy atom. The Morgan fingerprint density at radius 3 is 2.39 bits per heavy atom. The molecule has 0 bridgehead atoms. The molecule has 0 amide bonds. The monoisotopic (exact) mass is 389 g/mol. The number of nitrogens with zero attached hydrogens (tertiary/aromatic N) is 6. The molecule has 0 spiro atoms. The maximum absolute atomic E-state index is 13.0. The lowest BCUT2D eigenvalue weighted by Gasteiger charge is -2.17. The molecule has 28 heavy (non-hydrogen) atoms. The first-order valence-corrected chi connectivity index (χ1v) is 8.58. The number of rotatable bonds is 2. The minimum Gasteiger partial charge on any atom is -0.339 e. The van der Waals surface area contributed by atoms with E-state index in [9.17, 15) is 13.2 Å². The van der Waals surface area contributed by atoms with E-state index in [2.05, 4.69) is 41.4 Å². The average Bonchev–Trinajstić information content (AvgIpc) is 3.15. The highest BCUT2D eigenvalue weighted by atomic mass is 19.4.